The van der Waals surface area contributed by atoms with Gasteiger partial charge in [-0.25, -0.2) is 4.79 Å². The van der Waals surface area contributed by atoms with Crippen LogP contribution in [0.15, 0.2) is 12.2 Å². The molecule has 0 aliphatic carbocycles. The van der Waals surface area contributed by atoms with Crippen LogP contribution in [0.4, 0.5) is 0 Å². The Morgan fingerprint density at radius 3 is 2.44 bits per heavy atom. The van der Waals surface area contributed by atoms with Gasteiger partial charge >= 0.3 is 5.97 Å². The topological polar surface area (TPSA) is 75.6 Å². The minimum Gasteiger partial charge on any atom is -0.464 e. The van der Waals surface area contributed by atoms with Gasteiger partial charge in [0, 0.05) is 12.0 Å². The average Bonchev–Trinajstić information content (AvgIpc) is 2.26. The van der Waals surface area contributed by atoms with E-state index in [-0.39, 0.29) is 19.1 Å². The third-order valence-electron chi connectivity index (χ3n) is 2.13. The van der Waals surface area contributed by atoms with Crippen molar-refractivity contribution in [2.75, 3.05) is 13.2 Å². The highest BCUT2D eigenvalue weighted by Gasteiger charge is 2.26. The molecule has 18 heavy (non-hydrogen) atoms. The highest BCUT2D eigenvalue weighted by molar-refractivity contribution is 5.88. The van der Waals surface area contributed by atoms with Crippen LogP contribution in [-0.4, -0.2) is 36.2 Å². The molecule has 0 spiro atoms. The molecule has 2 N–H and O–H groups in total. The summed E-state index contributed by atoms with van der Waals surface area (Å²) in [6.07, 6.45) is 3.61. The maximum atomic E-state index is 11.8. The van der Waals surface area contributed by atoms with Gasteiger partial charge in [0.15, 0.2) is 0 Å². The van der Waals surface area contributed by atoms with Crippen molar-refractivity contribution in [3.05, 3.63) is 12.2 Å². The van der Waals surface area contributed by atoms with Crippen LogP contribution < -0.4 is 5.32 Å². The van der Waals surface area contributed by atoms with Gasteiger partial charge < -0.3 is 15.2 Å². The van der Waals surface area contributed by atoms with E-state index >= 15 is 0 Å². The molecule has 5 heteroatoms. The summed E-state index contributed by atoms with van der Waals surface area (Å²) in [6, 6.07) is -0.803. The first kappa shape index (κ1) is 16.6. The zero-order valence-electron chi connectivity index (χ0n) is 11.5. The largest absolute Gasteiger partial charge is 0.464 e. The van der Waals surface area contributed by atoms with Crippen molar-refractivity contribution in [1.82, 2.24) is 5.32 Å². The summed E-state index contributed by atoms with van der Waals surface area (Å²) in [5.41, 5.74) is -0.574. The Labute approximate surface area is 108 Å². The van der Waals surface area contributed by atoms with Gasteiger partial charge in [0.05, 0.1) is 6.61 Å². The zero-order chi connectivity index (χ0) is 14.2. The van der Waals surface area contributed by atoms with E-state index < -0.39 is 17.4 Å². The first-order valence-electron chi connectivity index (χ1n) is 6.08. The van der Waals surface area contributed by atoms with Gasteiger partial charge in [-0.15, -0.1) is 0 Å². The normalized spacial score (nSPS) is 13.4. The van der Waals surface area contributed by atoms with Crippen molar-refractivity contribution in [3.8, 4) is 0 Å². The molecule has 0 rings (SSSR count). The van der Waals surface area contributed by atoms with E-state index in [2.05, 4.69) is 5.32 Å². The molecule has 1 unspecified atom stereocenters. The molecule has 0 aromatic heterocycles. The summed E-state index contributed by atoms with van der Waals surface area (Å²) >= 11 is 0. The standard InChI is InChI=1S/C13H23NO4/c1-5-18-11(16)10(8-6-7-9-15)14-12(17)13(2,3)4/h6,8,10,15H,5,7,9H2,1-4H3,(H,14,17)/b8-6-. The summed E-state index contributed by atoms with van der Waals surface area (Å²) in [4.78, 5) is 23.5. The molecular weight excluding hydrogens is 234 g/mol. The van der Waals surface area contributed by atoms with Gasteiger partial charge in [-0.2, -0.15) is 0 Å². The van der Waals surface area contributed by atoms with Gasteiger partial charge in [0.25, 0.3) is 0 Å². The number of nitrogens with one attached hydrogen (secondary N) is 1. The van der Waals surface area contributed by atoms with Crippen LogP contribution >= 0.6 is 0 Å². The Bertz CT molecular complexity index is 305. The van der Waals surface area contributed by atoms with E-state index in [1.165, 1.54) is 6.08 Å². The van der Waals surface area contributed by atoms with Crippen molar-refractivity contribution < 1.29 is 19.4 Å². The molecule has 0 aromatic rings. The summed E-state index contributed by atoms with van der Waals surface area (Å²) in [7, 11) is 0. The number of rotatable bonds is 6. The lowest BCUT2D eigenvalue weighted by Gasteiger charge is -2.21. The van der Waals surface area contributed by atoms with E-state index in [1.54, 1.807) is 33.8 Å². The molecule has 0 bridgehead atoms. The van der Waals surface area contributed by atoms with Crippen LogP contribution in [0, 0.1) is 5.41 Å². The van der Waals surface area contributed by atoms with Crippen molar-refractivity contribution >= 4 is 11.9 Å². The Balaban J connectivity index is 4.66. The number of amides is 1. The lowest BCUT2D eigenvalue weighted by molar-refractivity contribution is -0.146. The molecule has 0 heterocycles. The van der Waals surface area contributed by atoms with Crippen LogP contribution in [0.3, 0.4) is 0 Å². The van der Waals surface area contributed by atoms with Crippen molar-refractivity contribution in [2.24, 2.45) is 5.41 Å². The average molecular weight is 257 g/mol. The number of hydrogen-bond acceptors (Lipinski definition) is 4. The van der Waals surface area contributed by atoms with Crippen molar-refractivity contribution in [1.29, 1.82) is 0 Å². The van der Waals surface area contributed by atoms with E-state index in [0.717, 1.165) is 0 Å². The van der Waals surface area contributed by atoms with Crippen molar-refractivity contribution in [2.45, 2.75) is 40.2 Å². The van der Waals surface area contributed by atoms with E-state index in [0.29, 0.717) is 6.42 Å². The molecular formula is C13H23NO4. The van der Waals surface area contributed by atoms with Crippen LogP contribution in [0.1, 0.15) is 34.1 Å². The lowest BCUT2D eigenvalue weighted by Crippen LogP contribution is -2.45. The number of ether oxygens (including phenoxy) is 1. The quantitative estimate of drug-likeness (QED) is 0.550. The summed E-state index contributed by atoms with van der Waals surface area (Å²) in [6.45, 7) is 7.26. The van der Waals surface area contributed by atoms with Gasteiger partial charge in [-0.1, -0.05) is 32.9 Å². The maximum Gasteiger partial charge on any atom is 0.332 e. The summed E-state index contributed by atoms with van der Waals surface area (Å²) in [5, 5.41) is 11.3. The molecule has 0 saturated carbocycles. The number of aliphatic hydroxyl groups is 1. The molecule has 0 aromatic carbocycles. The fourth-order valence-corrected chi connectivity index (χ4v) is 1.08. The van der Waals surface area contributed by atoms with Gasteiger partial charge in [-0.3, -0.25) is 4.79 Å². The number of esters is 1. The van der Waals surface area contributed by atoms with Crippen LogP contribution in [-0.2, 0) is 14.3 Å². The zero-order valence-corrected chi connectivity index (χ0v) is 11.5. The molecule has 1 amide bonds. The third kappa shape index (κ3) is 6.39. The highest BCUT2D eigenvalue weighted by atomic mass is 16.5. The minimum absolute atomic E-state index is 0.000731. The first-order valence-corrected chi connectivity index (χ1v) is 6.08. The van der Waals surface area contributed by atoms with Gasteiger partial charge in [-0.05, 0) is 13.3 Å². The second-order valence-corrected chi connectivity index (χ2v) is 4.89. The number of carbonyl (C=O) groups is 2. The van der Waals surface area contributed by atoms with E-state index in [4.69, 9.17) is 9.84 Å². The van der Waals surface area contributed by atoms with E-state index in [9.17, 15) is 9.59 Å². The van der Waals surface area contributed by atoms with Crippen LogP contribution in [0.2, 0.25) is 0 Å². The molecule has 104 valence electrons. The Kier molecular flexibility index (Phi) is 7.27. The predicted molar refractivity (Wildman–Crippen MR) is 68.9 cm³/mol. The molecule has 0 fully saturated rings. The van der Waals surface area contributed by atoms with Crippen LogP contribution in [0.25, 0.3) is 0 Å². The smallest absolute Gasteiger partial charge is 0.332 e. The van der Waals surface area contributed by atoms with E-state index in [1.807, 2.05) is 0 Å². The number of hydrogen-bond donors (Lipinski definition) is 2. The number of carbonyl (C=O) groups excluding carboxylic acids is 2. The molecule has 0 aliphatic heterocycles. The van der Waals surface area contributed by atoms with Crippen molar-refractivity contribution in [3.63, 3.8) is 0 Å². The minimum atomic E-state index is -0.803. The molecule has 0 saturated heterocycles. The second kappa shape index (κ2) is 7.87. The molecule has 1 atom stereocenters. The number of aliphatic hydroxyl groups excluding tert-OH is 1. The molecule has 0 aliphatic rings. The fraction of sp³-hybridized carbons (Fsp3) is 0.692. The SMILES string of the molecule is CCOC(=O)C(/C=C\CCO)NC(=O)C(C)(C)C. The predicted octanol–water partition coefficient (Wildman–Crippen LogP) is 1.02. The second-order valence-electron chi connectivity index (χ2n) is 4.89. The fourth-order valence-electron chi connectivity index (χ4n) is 1.08. The molecule has 0 radical (unpaired) electrons. The molecule has 5 nitrogen and oxygen atoms in total. The lowest BCUT2D eigenvalue weighted by atomic mass is 9.95. The summed E-state index contributed by atoms with van der Waals surface area (Å²) < 4.78 is 4.88. The van der Waals surface area contributed by atoms with Gasteiger partial charge in [0.2, 0.25) is 5.91 Å². The highest BCUT2D eigenvalue weighted by Crippen LogP contribution is 2.13. The Morgan fingerprint density at radius 1 is 1.39 bits per heavy atom. The third-order valence-corrected chi connectivity index (χ3v) is 2.13. The maximum absolute atomic E-state index is 11.8. The van der Waals surface area contributed by atoms with Crippen LogP contribution in [0.5, 0.6) is 0 Å². The first-order chi connectivity index (χ1) is 8.32. The Morgan fingerprint density at radius 2 is 2.00 bits per heavy atom. The summed E-state index contributed by atoms with van der Waals surface area (Å²) in [5.74, 6) is -0.724. The Hall–Kier alpha value is -1.36. The van der Waals surface area contributed by atoms with Gasteiger partial charge in [0.1, 0.15) is 6.04 Å². The monoisotopic (exact) mass is 257 g/mol.